The van der Waals surface area contributed by atoms with Gasteiger partial charge in [0.2, 0.25) is 5.91 Å². The molecule has 3 N–H and O–H groups in total. The minimum absolute atomic E-state index is 0.0681. The molecule has 1 heterocycles. The van der Waals surface area contributed by atoms with E-state index in [0.29, 0.717) is 27.8 Å². The van der Waals surface area contributed by atoms with Crippen molar-refractivity contribution in [1.82, 2.24) is 4.90 Å². The number of rotatable bonds is 5. The number of primary amides is 1. The zero-order valence-electron chi connectivity index (χ0n) is 14.8. The predicted octanol–water partition coefficient (Wildman–Crippen LogP) is 3.94. The SMILES string of the molecule is NC(=O)C1CCCN(Cc2ccc(NC(=O)c3ccc(Cl)cc3Cl)cc2)C1. The van der Waals surface area contributed by atoms with Gasteiger partial charge in [0.15, 0.2) is 0 Å². The molecule has 2 amide bonds. The quantitative estimate of drug-likeness (QED) is 0.790. The zero-order chi connectivity index (χ0) is 19.4. The van der Waals surface area contributed by atoms with Crippen molar-refractivity contribution in [2.24, 2.45) is 11.7 Å². The number of nitrogens with zero attached hydrogens (tertiary/aromatic N) is 1. The smallest absolute Gasteiger partial charge is 0.257 e. The van der Waals surface area contributed by atoms with Crippen LogP contribution in [0.1, 0.15) is 28.8 Å². The van der Waals surface area contributed by atoms with Crippen LogP contribution in [0.25, 0.3) is 0 Å². The predicted molar refractivity (Wildman–Crippen MR) is 108 cm³/mol. The average Bonchev–Trinajstić information content (AvgIpc) is 2.63. The number of nitrogens with one attached hydrogen (secondary N) is 1. The highest BCUT2D eigenvalue weighted by atomic mass is 35.5. The number of carbonyl (C=O) groups excluding carboxylic acids is 2. The molecule has 5 nitrogen and oxygen atoms in total. The number of amides is 2. The normalized spacial score (nSPS) is 17.5. The van der Waals surface area contributed by atoms with Crippen LogP contribution in [-0.2, 0) is 11.3 Å². The fraction of sp³-hybridized carbons (Fsp3) is 0.300. The Morgan fingerprint density at radius 3 is 2.56 bits per heavy atom. The Bertz CT molecular complexity index is 840. The molecule has 0 bridgehead atoms. The Balaban J connectivity index is 1.60. The molecular formula is C20H21Cl2N3O2. The van der Waals surface area contributed by atoms with Gasteiger partial charge in [0, 0.05) is 23.8 Å². The van der Waals surface area contributed by atoms with Crippen LogP contribution in [-0.4, -0.2) is 29.8 Å². The van der Waals surface area contributed by atoms with E-state index in [1.54, 1.807) is 18.2 Å². The molecule has 27 heavy (non-hydrogen) atoms. The van der Waals surface area contributed by atoms with E-state index in [1.807, 2.05) is 24.3 Å². The van der Waals surface area contributed by atoms with Crippen molar-refractivity contribution in [3.05, 3.63) is 63.6 Å². The van der Waals surface area contributed by atoms with Gasteiger partial charge in [-0.2, -0.15) is 0 Å². The lowest BCUT2D eigenvalue weighted by Gasteiger charge is -2.31. The number of halogens is 2. The highest BCUT2D eigenvalue weighted by molar-refractivity contribution is 6.37. The summed E-state index contributed by atoms with van der Waals surface area (Å²) in [5.41, 5.74) is 7.60. The van der Waals surface area contributed by atoms with Crippen LogP contribution in [0.4, 0.5) is 5.69 Å². The van der Waals surface area contributed by atoms with Crippen LogP contribution in [0.15, 0.2) is 42.5 Å². The van der Waals surface area contributed by atoms with Crippen LogP contribution in [0, 0.1) is 5.92 Å². The third kappa shape index (κ3) is 5.22. The molecule has 0 saturated carbocycles. The van der Waals surface area contributed by atoms with Crippen molar-refractivity contribution in [3.63, 3.8) is 0 Å². The number of likely N-dealkylation sites (tertiary alicyclic amines) is 1. The molecule has 0 aromatic heterocycles. The van der Waals surface area contributed by atoms with Crippen LogP contribution < -0.4 is 11.1 Å². The summed E-state index contributed by atoms with van der Waals surface area (Å²) >= 11 is 11.9. The summed E-state index contributed by atoms with van der Waals surface area (Å²) in [6, 6.07) is 12.4. The van der Waals surface area contributed by atoms with Crippen LogP contribution >= 0.6 is 23.2 Å². The van der Waals surface area contributed by atoms with E-state index >= 15 is 0 Å². The summed E-state index contributed by atoms with van der Waals surface area (Å²) in [6.45, 7) is 2.40. The van der Waals surface area contributed by atoms with E-state index < -0.39 is 0 Å². The van der Waals surface area contributed by atoms with Gasteiger partial charge in [-0.1, -0.05) is 35.3 Å². The number of hydrogen-bond acceptors (Lipinski definition) is 3. The number of carbonyl (C=O) groups is 2. The summed E-state index contributed by atoms with van der Waals surface area (Å²) < 4.78 is 0. The van der Waals surface area contributed by atoms with Gasteiger partial charge >= 0.3 is 0 Å². The maximum absolute atomic E-state index is 12.4. The third-order valence-corrected chi connectivity index (χ3v) is 5.25. The Kier molecular flexibility index (Phi) is 6.37. The van der Waals surface area contributed by atoms with Crippen molar-refractivity contribution in [2.75, 3.05) is 18.4 Å². The maximum Gasteiger partial charge on any atom is 0.257 e. The summed E-state index contributed by atoms with van der Waals surface area (Å²) in [7, 11) is 0. The maximum atomic E-state index is 12.4. The topological polar surface area (TPSA) is 75.4 Å². The minimum atomic E-state index is -0.287. The molecule has 0 aliphatic carbocycles. The summed E-state index contributed by atoms with van der Waals surface area (Å²) in [6.07, 6.45) is 1.84. The first-order valence-electron chi connectivity index (χ1n) is 8.79. The number of benzene rings is 2. The molecule has 2 aromatic carbocycles. The van der Waals surface area contributed by atoms with E-state index in [9.17, 15) is 9.59 Å². The number of nitrogens with two attached hydrogens (primary N) is 1. The second-order valence-electron chi connectivity index (χ2n) is 6.75. The van der Waals surface area contributed by atoms with Gasteiger partial charge in [0.25, 0.3) is 5.91 Å². The lowest BCUT2D eigenvalue weighted by molar-refractivity contribution is -0.123. The Morgan fingerprint density at radius 2 is 1.89 bits per heavy atom. The molecule has 1 atom stereocenters. The lowest BCUT2D eigenvalue weighted by atomic mass is 9.97. The second kappa shape index (κ2) is 8.74. The van der Waals surface area contributed by atoms with Gasteiger partial charge in [-0.05, 0) is 55.3 Å². The molecule has 0 spiro atoms. The molecule has 1 saturated heterocycles. The molecule has 2 aromatic rings. The van der Waals surface area contributed by atoms with E-state index in [2.05, 4.69) is 10.2 Å². The number of piperidine rings is 1. The van der Waals surface area contributed by atoms with E-state index in [0.717, 1.165) is 31.5 Å². The standard InChI is InChI=1S/C20H21Cl2N3O2/c21-15-5-8-17(18(22)10-15)20(27)24-16-6-3-13(4-7-16)11-25-9-1-2-14(12-25)19(23)26/h3-8,10,14H,1-2,9,11-12H2,(H2,23,26)(H,24,27). The Hall–Kier alpha value is -2.08. The highest BCUT2D eigenvalue weighted by Crippen LogP contribution is 2.23. The zero-order valence-corrected chi connectivity index (χ0v) is 16.3. The number of anilines is 1. The molecule has 1 unspecified atom stereocenters. The molecule has 3 rings (SSSR count). The molecule has 0 radical (unpaired) electrons. The molecule has 1 aliphatic rings. The summed E-state index contributed by atoms with van der Waals surface area (Å²) in [4.78, 5) is 26.0. The van der Waals surface area contributed by atoms with Crippen molar-refractivity contribution >= 4 is 40.7 Å². The van der Waals surface area contributed by atoms with Gasteiger partial charge in [-0.3, -0.25) is 14.5 Å². The van der Waals surface area contributed by atoms with Gasteiger partial charge < -0.3 is 11.1 Å². The molecular weight excluding hydrogens is 385 g/mol. The van der Waals surface area contributed by atoms with E-state index in [4.69, 9.17) is 28.9 Å². The van der Waals surface area contributed by atoms with E-state index in [1.165, 1.54) is 0 Å². The first-order valence-corrected chi connectivity index (χ1v) is 9.55. The van der Waals surface area contributed by atoms with E-state index in [-0.39, 0.29) is 17.7 Å². The molecule has 7 heteroatoms. The Labute approximate surface area is 168 Å². The first kappa shape index (κ1) is 19.7. The van der Waals surface area contributed by atoms with Crippen molar-refractivity contribution in [2.45, 2.75) is 19.4 Å². The van der Waals surface area contributed by atoms with Crippen molar-refractivity contribution < 1.29 is 9.59 Å². The summed E-state index contributed by atoms with van der Waals surface area (Å²) in [5.74, 6) is -0.579. The highest BCUT2D eigenvalue weighted by Gasteiger charge is 2.23. The van der Waals surface area contributed by atoms with Crippen molar-refractivity contribution in [1.29, 1.82) is 0 Å². The van der Waals surface area contributed by atoms with Gasteiger partial charge in [-0.25, -0.2) is 0 Å². The summed E-state index contributed by atoms with van der Waals surface area (Å²) in [5, 5.41) is 3.62. The minimum Gasteiger partial charge on any atom is -0.369 e. The average molecular weight is 406 g/mol. The van der Waals surface area contributed by atoms with Crippen LogP contribution in [0.5, 0.6) is 0 Å². The largest absolute Gasteiger partial charge is 0.369 e. The molecule has 1 aliphatic heterocycles. The number of hydrogen-bond donors (Lipinski definition) is 2. The van der Waals surface area contributed by atoms with Crippen LogP contribution in [0.3, 0.4) is 0 Å². The first-order chi connectivity index (χ1) is 12.9. The van der Waals surface area contributed by atoms with Gasteiger partial charge in [-0.15, -0.1) is 0 Å². The van der Waals surface area contributed by atoms with Crippen LogP contribution in [0.2, 0.25) is 10.0 Å². The third-order valence-electron chi connectivity index (χ3n) is 4.70. The second-order valence-corrected chi connectivity index (χ2v) is 7.60. The lowest BCUT2D eigenvalue weighted by Crippen LogP contribution is -2.40. The van der Waals surface area contributed by atoms with Crippen molar-refractivity contribution in [3.8, 4) is 0 Å². The fourth-order valence-electron chi connectivity index (χ4n) is 3.26. The monoisotopic (exact) mass is 405 g/mol. The Morgan fingerprint density at radius 1 is 1.15 bits per heavy atom. The fourth-order valence-corrected chi connectivity index (χ4v) is 3.75. The molecule has 142 valence electrons. The molecule has 1 fully saturated rings. The van der Waals surface area contributed by atoms with Gasteiger partial charge in [0.05, 0.1) is 16.5 Å². The van der Waals surface area contributed by atoms with Gasteiger partial charge in [0.1, 0.15) is 0 Å².